The van der Waals surface area contributed by atoms with E-state index in [9.17, 15) is 4.79 Å². The van der Waals surface area contributed by atoms with E-state index in [1.54, 1.807) is 6.92 Å². The van der Waals surface area contributed by atoms with Crippen molar-refractivity contribution in [3.63, 3.8) is 0 Å². The molecule has 0 aliphatic rings. The maximum absolute atomic E-state index is 10.3. The first-order valence-corrected chi connectivity index (χ1v) is 3.48. The molecule has 5 heteroatoms. The Kier molecular flexibility index (Phi) is 1.96. The molecule has 0 aromatic carbocycles. The van der Waals surface area contributed by atoms with Crippen LogP contribution in [0.1, 0.15) is 17.8 Å². The van der Waals surface area contributed by atoms with Gasteiger partial charge in [0.15, 0.2) is 0 Å². The first-order valence-electron chi connectivity index (χ1n) is 2.71. The van der Waals surface area contributed by atoms with Gasteiger partial charge in [-0.3, -0.25) is 4.79 Å². The van der Waals surface area contributed by atoms with Crippen LogP contribution in [0.25, 0.3) is 0 Å². The number of carboxylic acid groups (broad SMARTS) is 1. The second-order valence-corrected chi connectivity index (χ2v) is 2.65. The van der Waals surface area contributed by atoms with Crippen molar-refractivity contribution in [2.24, 2.45) is 0 Å². The number of carboxylic acids is 1. The number of aromatic nitrogens is 2. The Hall–Kier alpha value is -0.970. The predicted molar refractivity (Wildman–Crippen MR) is 36.0 cm³/mol. The molecule has 0 radical (unpaired) electrons. The Labute approximate surface area is 61.7 Å². The summed E-state index contributed by atoms with van der Waals surface area (Å²) in [7, 11) is 0. The fourth-order valence-electron chi connectivity index (χ4n) is 0.478. The van der Waals surface area contributed by atoms with Crippen molar-refractivity contribution >= 4 is 17.5 Å². The molecule has 0 saturated carbocycles. The minimum atomic E-state index is -0.864. The van der Waals surface area contributed by atoms with E-state index in [4.69, 9.17) is 5.11 Å². The first kappa shape index (κ1) is 7.14. The summed E-state index contributed by atoms with van der Waals surface area (Å²) in [4.78, 5) is 14.1. The summed E-state index contributed by atoms with van der Waals surface area (Å²) in [6.07, 6.45) is 1.36. The molecule has 4 nitrogen and oxygen atoms in total. The lowest BCUT2D eigenvalue weighted by Gasteiger charge is -1.97. The third-order valence-corrected chi connectivity index (χ3v) is 1.96. The summed E-state index contributed by atoms with van der Waals surface area (Å²) in [5, 5.41) is 9.04. The number of rotatable bonds is 2. The van der Waals surface area contributed by atoms with E-state index < -0.39 is 11.9 Å². The van der Waals surface area contributed by atoms with Crippen LogP contribution in [0.5, 0.6) is 0 Å². The molecule has 0 amide bonds. The zero-order valence-electron chi connectivity index (χ0n) is 5.31. The lowest BCUT2D eigenvalue weighted by atomic mass is 10.2. The lowest BCUT2D eigenvalue weighted by molar-refractivity contribution is -0.138. The largest absolute Gasteiger partial charge is 0.481 e. The number of hydrogen-bond acceptors (Lipinski definition) is 4. The zero-order chi connectivity index (χ0) is 7.56. The van der Waals surface area contributed by atoms with E-state index >= 15 is 0 Å². The molecular weight excluding hydrogens is 152 g/mol. The molecule has 1 unspecified atom stereocenters. The van der Waals surface area contributed by atoms with Gasteiger partial charge in [-0.05, 0) is 18.5 Å². The molecule has 0 aliphatic carbocycles. The molecule has 0 aliphatic heterocycles. The van der Waals surface area contributed by atoms with E-state index in [-0.39, 0.29) is 0 Å². The third-order valence-electron chi connectivity index (χ3n) is 1.12. The van der Waals surface area contributed by atoms with Crippen LogP contribution in [-0.4, -0.2) is 20.4 Å². The second-order valence-electron chi connectivity index (χ2n) is 1.84. The van der Waals surface area contributed by atoms with Gasteiger partial charge in [0.25, 0.3) is 0 Å². The van der Waals surface area contributed by atoms with Gasteiger partial charge < -0.3 is 5.11 Å². The summed E-state index contributed by atoms with van der Waals surface area (Å²) in [5.41, 5.74) is 0. The van der Waals surface area contributed by atoms with Gasteiger partial charge in [0.2, 0.25) is 0 Å². The molecule has 0 saturated heterocycles. The number of carbonyl (C=O) groups is 1. The average molecular weight is 158 g/mol. The Bertz CT molecular complexity index is 222. The van der Waals surface area contributed by atoms with Gasteiger partial charge in [-0.1, -0.05) is 0 Å². The summed E-state index contributed by atoms with van der Waals surface area (Å²) in [6, 6.07) is 0. The van der Waals surface area contributed by atoms with E-state index in [1.807, 2.05) is 0 Å². The molecule has 0 spiro atoms. The van der Waals surface area contributed by atoms with Gasteiger partial charge in [0.1, 0.15) is 17.3 Å². The predicted octanol–water partition coefficient (Wildman–Crippen LogP) is 0.726. The molecule has 1 atom stereocenters. The average Bonchev–Trinajstić information content (AvgIpc) is 2.36. The molecule has 0 fully saturated rings. The third kappa shape index (κ3) is 1.30. The van der Waals surface area contributed by atoms with Crippen LogP contribution in [0.2, 0.25) is 0 Å². The van der Waals surface area contributed by atoms with Crippen LogP contribution in [0.4, 0.5) is 0 Å². The van der Waals surface area contributed by atoms with Gasteiger partial charge in [0.05, 0.1) is 0 Å². The van der Waals surface area contributed by atoms with Crippen molar-refractivity contribution in [3.05, 3.63) is 11.3 Å². The molecule has 1 N–H and O–H groups in total. The number of nitrogens with zero attached hydrogens (tertiary/aromatic N) is 2. The monoisotopic (exact) mass is 158 g/mol. The summed E-state index contributed by atoms with van der Waals surface area (Å²) in [5.74, 6) is -1.40. The van der Waals surface area contributed by atoms with Crippen molar-refractivity contribution in [1.82, 2.24) is 9.36 Å². The highest BCUT2D eigenvalue weighted by Crippen LogP contribution is 2.14. The highest BCUT2D eigenvalue weighted by molar-refractivity contribution is 7.05. The van der Waals surface area contributed by atoms with Gasteiger partial charge >= 0.3 is 5.97 Å². The number of aliphatic carboxylic acids is 1. The van der Waals surface area contributed by atoms with Crippen molar-refractivity contribution in [2.45, 2.75) is 12.8 Å². The first-order chi connectivity index (χ1) is 4.72. The van der Waals surface area contributed by atoms with Crippen molar-refractivity contribution < 1.29 is 9.90 Å². The van der Waals surface area contributed by atoms with Crippen LogP contribution in [0.3, 0.4) is 0 Å². The fraction of sp³-hybridized carbons (Fsp3) is 0.400. The Morgan fingerprint density at radius 2 is 2.60 bits per heavy atom. The smallest absolute Gasteiger partial charge is 0.313 e. The minimum Gasteiger partial charge on any atom is -0.481 e. The van der Waals surface area contributed by atoms with Crippen LogP contribution >= 0.6 is 11.5 Å². The lowest BCUT2D eigenvalue weighted by Crippen LogP contribution is -2.06. The molecular formula is C5H6N2O2S. The highest BCUT2D eigenvalue weighted by Gasteiger charge is 2.15. The van der Waals surface area contributed by atoms with Crippen LogP contribution < -0.4 is 0 Å². The number of hydrogen-bond donors (Lipinski definition) is 1. The van der Waals surface area contributed by atoms with E-state index in [1.165, 1.54) is 6.33 Å². The highest BCUT2D eigenvalue weighted by atomic mass is 32.1. The molecule has 0 bridgehead atoms. The van der Waals surface area contributed by atoms with Crippen molar-refractivity contribution in [3.8, 4) is 0 Å². The molecule has 1 rings (SSSR count). The van der Waals surface area contributed by atoms with Gasteiger partial charge in [-0.2, -0.15) is 4.37 Å². The summed E-state index contributed by atoms with van der Waals surface area (Å²) in [6.45, 7) is 1.59. The normalized spacial score (nSPS) is 12.9. The van der Waals surface area contributed by atoms with Gasteiger partial charge in [-0.25, -0.2) is 4.98 Å². The quantitative estimate of drug-likeness (QED) is 0.689. The molecule has 1 aromatic heterocycles. The zero-order valence-corrected chi connectivity index (χ0v) is 6.13. The SMILES string of the molecule is CC(C(=O)O)c1ncns1. The van der Waals surface area contributed by atoms with Gasteiger partial charge in [-0.15, -0.1) is 0 Å². The Morgan fingerprint density at radius 1 is 1.90 bits per heavy atom. The van der Waals surface area contributed by atoms with Gasteiger partial charge in [0, 0.05) is 0 Å². The summed E-state index contributed by atoms with van der Waals surface area (Å²) >= 11 is 1.12. The minimum absolute atomic E-state index is 0.535. The standard InChI is InChI=1S/C5H6N2O2S/c1-3(5(8)9)4-6-2-7-10-4/h2-3H,1H3,(H,8,9). The van der Waals surface area contributed by atoms with Crippen molar-refractivity contribution in [2.75, 3.05) is 0 Å². The van der Waals surface area contributed by atoms with E-state index in [2.05, 4.69) is 9.36 Å². The molecule has 1 heterocycles. The van der Waals surface area contributed by atoms with Crippen LogP contribution in [0.15, 0.2) is 6.33 Å². The maximum Gasteiger partial charge on any atom is 0.313 e. The fourth-order valence-corrected chi connectivity index (χ4v) is 1.03. The second kappa shape index (κ2) is 2.74. The topological polar surface area (TPSA) is 63.1 Å². The van der Waals surface area contributed by atoms with E-state index in [0.29, 0.717) is 5.01 Å². The molecule has 1 aromatic rings. The summed E-state index contributed by atoms with van der Waals surface area (Å²) < 4.78 is 3.69. The van der Waals surface area contributed by atoms with E-state index in [0.717, 1.165) is 11.5 Å². The molecule has 54 valence electrons. The molecule has 10 heavy (non-hydrogen) atoms. The van der Waals surface area contributed by atoms with Crippen molar-refractivity contribution in [1.29, 1.82) is 0 Å². The maximum atomic E-state index is 10.3. The van der Waals surface area contributed by atoms with Crippen LogP contribution in [-0.2, 0) is 4.79 Å². The Balaban J connectivity index is 2.77. The van der Waals surface area contributed by atoms with Crippen LogP contribution in [0, 0.1) is 0 Å². The Morgan fingerprint density at radius 3 is 3.00 bits per heavy atom.